The molecule has 0 amide bonds. The van der Waals surface area contributed by atoms with Gasteiger partial charge in [-0.3, -0.25) is 5.21 Å². The summed E-state index contributed by atoms with van der Waals surface area (Å²) in [4.78, 5) is 0. The van der Waals surface area contributed by atoms with E-state index >= 15 is 0 Å². The largest absolute Gasteiger partial charge is 0.442 e. The number of ether oxygens (including phenoxy) is 1. The fourth-order valence-electron chi connectivity index (χ4n) is 0.828. The second-order valence-corrected chi connectivity index (χ2v) is 3.18. The third-order valence-electron chi connectivity index (χ3n) is 1.17. The van der Waals surface area contributed by atoms with Crippen molar-refractivity contribution >= 4 is 5.90 Å². The van der Waals surface area contributed by atoms with Crippen LogP contribution in [0.3, 0.4) is 0 Å². The number of nitrogens with zero attached hydrogens (tertiary/aromatic N) is 1. The van der Waals surface area contributed by atoms with E-state index in [9.17, 15) is 0 Å². The van der Waals surface area contributed by atoms with Gasteiger partial charge in [0.1, 0.15) is 0 Å². The van der Waals surface area contributed by atoms with Crippen molar-refractivity contribution in [1.82, 2.24) is 0 Å². The van der Waals surface area contributed by atoms with Gasteiger partial charge in [0.15, 0.2) is 7.05 Å². The van der Waals surface area contributed by atoms with Crippen LogP contribution in [0.15, 0.2) is 0 Å². The summed E-state index contributed by atoms with van der Waals surface area (Å²) in [6, 6.07) is 0. The molecule has 1 N–H and O–H groups in total. The summed E-state index contributed by atoms with van der Waals surface area (Å²) in [5.74, 6) is 0.826. The average molecular weight is 160 g/mol. The zero-order valence-electron chi connectivity index (χ0n) is 7.96. The summed E-state index contributed by atoms with van der Waals surface area (Å²) in [7, 11) is 1.57. The molecule has 0 spiro atoms. The standard InChI is InChI=1S/C8H18NO2/c1-6(2)8(9(5)10)11-7(3)4/h6-7,10H,1-5H3/q+1/b9-8+. The molecule has 0 atom stereocenters. The van der Waals surface area contributed by atoms with Gasteiger partial charge in [0, 0.05) is 4.74 Å². The Balaban J connectivity index is 4.26. The lowest BCUT2D eigenvalue weighted by molar-refractivity contribution is -0.761. The third kappa shape index (κ3) is 3.86. The van der Waals surface area contributed by atoms with Crippen molar-refractivity contribution < 1.29 is 14.7 Å². The van der Waals surface area contributed by atoms with Crippen LogP contribution in [0.1, 0.15) is 27.7 Å². The first-order valence-corrected chi connectivity index (χ1v) is 3.91. The van der Waals surface area contributed by atoms with Gasteiger partial charge in [0.2, 0.25) is 0 Å². The Morgan fingerprint density at radius 3 is 1.82 bits per heavy atom. The van der Waals surface area contributed by atoms with E-state index in [4.69, 9.17) is 9.94 Å². The number of hydrogen-bond acceptors (Lipinski definition) is 2. The van der Waals surface area contributed by atoms with Crippen LogP contribution in [-0.4, -0.2) is 29.0 Å². The van der Waals surface area contributed by atoms with E-state index in [-0.39, 0.29) is 12.0 Å². The van der Waals surface area contributed by atoms with Gasteiger partial charge in [-0.15, -0.1) is 0 Å². The molecule has 0 saturated carbocycles. The maximum atomic E-state index is 9.10. The quantitative estimate of drug-likeness (QED) is 0.218. The molecule has 0 rings (SSSR count). The molecular formula is C8H18NO2+. The zero-order valence-corrected chi connectivity index (χ0v) is 7.96. The first-order valence-electron chi connectivity index (χ1n) is 3.91. The molecule has 0 radical (unpaired) electrons. The predicted molar refractivity (Wildman–Crippen MR) is 44.0 cm³/mol. The Morgan fingerprint density at radius 1 is 1.27 bits per heavy atom. The van der Waals surface area contributed by atoms with Crippen molar-refractivity contribution in [2.45, 2.75) is 33.8 Å². The minimum absolute atomic E-state index is 0.113. The van der Waals surface area contributed by atoms with Gasteiger partial charge in [-0.2, -0.15) is 0 Å². The molecular weight excluding hydrogens is 142 g/mol. The van der Waals surface area contributed by atoms with E-state index in [0.29, 0.717) is 5.90 Å². The number of rotatable bonds is 2. The molecule has 0 saturated heterocycles. The highest BCUT2D eigenvalue weighted by molar-refractivity contribution is 5.72. The fourth-order valence-corrected chi connectivity index (χ4v) is 0.828. The van der Waals surface area contributed by atoms with Crippen molar-refractivity contribution in [1.29, 1.82) is 0 Å². The van der Waals surface area contributed by atoms with E-state index < -0.39 is 0 Å². The summed E-state index contributed by atoms with van der Waals surface area (Å²) in [5.41, 5.74) is 0. The van der Waals surface area contributed by atoms with E-state index in [1.807, 2.05) is 27.7 Å². The van der Waals surface area contributed by atoms with Crippen LogP contribution in [0.25, 0.3) is 0 Å². The highest BCUT2D eigenvalue weighted by atomic mass is 16.6. The lowest BCUT2D eigenvalue weighted by Crippen LogP contribution is -2.25. The van der Waals surface area contributed by atoms with Gasteiger partial charge in [0.05, 0.1) is 12.0 Å². The molecule has 0 fully saturated rings. The highest BCUT2D eigenvalue weighted by Gasteiger charge is 2.18. The minimum atomic E-state index is 0.113. The predicted octanol–water partition coefficient (Wildman–Crippen LogP) is 1.50. The molecule has 0 bridgehead atoms. The second kappa shape index (κ2) is 4.21. The molecule has 3 heteroatoms. The Morgan fingerprint density at radius 2 is 1.73 bits per heavy atom. The first-order chi connectivity index (χ1) is 4.95. The van der Waals surface area contributed by atoms with Crippen molar-refractivity contribution in [3.63, 3.8) is 0 Å². The summed E-state index contributed by atoms with van der Waals surface area (Å²) >= 11 is 0. The average Bonchev–Trinajstić information content (AvgIpc) is 1.81. The van der Waals surface area contributed by atoms with E-state index in [1.165, 1.54) is 0 Å². The zero-order chi connectivity index (χ0) is 9.02. The second-order valence-electron chi connectivity index (χ2n) is 3.18. The van der Waals surface area contributed by atoms with Gasteiger partial charge in [-0.25, -0.2) is 0 Å². The first kappa shape index (κ1) is 10.3. The lowest BCUT2D eigenvalue weighted by Gasteiger charge is -2.09. The van der Waals surface area contributed by atoms with Gasteiger partial charge in [-0.05, 0) is 27.7 Å². The Bertz CT molecular complexity index is 146. The van der Waals surface area contributed by atoms with Gasteiger partial charge in [0.25, 0.3) is 0 Å². The monoisotopic (exact) mass is 160 g/mol. The molecule has 0 aliphatic heterocycles. The van der Waals surface area contributed by atoms with Crippen molar-refractivity contribution in [3.05, 3.63) is 0 Å². The van der Waals surface area contributed by atoms with Gasteiger partial charge >= 0.3 is 5.90 Å². The van der Waals surface area contributed by atoms with Crippen LogP contribution >= 0.6 is 0 Å². The lowest BCUT2D eigenvalue weighted by atomic mass is 10.2. The van der Waals surface area contributed by atoms with E-state index in [1.54, 1.807) is 7.05 Å². The molecule has 11 heavy (non-hydrogen) atoms. The summed E-state index contributed by atoms with van der Waals surface area (Å²) in [6.45, 7) is 7.83. The third-order valence-corrected chi connectivity index (χ3v) is 1.17. The smallest absolute Gasteiger partial charge is 0.387 e. The normalized spacial score (nSPS) is 13.7. The van der Waals surface area contributed by atoms with Gasteiger partial charge in [-0.1, -0.05) is 0 Å². The van der Waals surface area contributed by atoms with E-state index in [2.05, 4.69) is 0 Å². The van der Waals surface area contributed by atoms with Crippen LogP contribution in [0, 0.1) is 5.92 Å². The molecule has 0 aromatic rings. The maximum absolute atomic E-state index is 9.10. The van der Waals surface area contributed by atoms with Crippen LogP contribution in [0.5, 0.6) is 0 Å². The van der Waals surface area contributed by atoms with Crippen molar-refractivity contribution in [2.24, 2.45) is 5.92 Å². The maximum Gasteiger partial charge on any atom is 0.387 e. The summed E-state index contributed by atoms with van der Waals surface area (Å²) < 4.78 is 6.40. The molecule has 0 aliphatic carbocycles. The molecule has 3 nitrogen and oxygen atoms in total. The highest BCUT2D eigenvalue weighted by Crippen LogP contribution is 2.01. The topological polar surface area (TPSA) is 32.5 Å². The van der Waals surface area contributed by atoms with Crippen LogP contribution in [-0.2, 0) is 4.74 Å². The molecule has 0 heterocycles. The molecule has 66 valence electrons. The molecule has 0 unspecified atom stereocenters. The number of hydrogen-bond donors (Lipinski definition) is 1. The fraction of sp³-hybridized carbons (Fsp3) is 0.875. The van der Waals surface area contributed by atoms with Crippen molar-refractivity contribution in [2.75, 3.05) is 7.05 Å². The summed E-state index contributed by atoms with van der Waals surface area (Å²) in [6.07, 6.45) is 0.113. The molecule has 0 aliphatic rings. The van der Waals surface area contributed by atoms with Crippen molar-refractivity contribution in [3.8, 4) is 0 Å². The Labute approximate surface area is 68.3 Å². The Kier molecular flexibility index (Phi) is 3.93. The molecule has 0 aromatic carbocycles. The minimum Gasteiger partial charge on any atom is -0.442 e. The van der Waals surface area contributed by atoms with E-state index in [0.717, 1.165) is 4.74 Å². The summed E-state index contributed by atoms with van der Waals surface area (Å²) in [5, 5.41) is 9.10. The van der Waals surface area contributed by atoms with Crippen LogP contribution < -0.4 is 0 Å². The molecule has 0 aromatic heterocycles. The number of hydroxylamine groups is 1. The Hall–Kier alpha value is -0.730. The van der Waals surface area contributed by atoms with Crippen LogP contribution in [0.4, 0.5) is 0 Å². The van der Waals surface area contributed by atoms with Crippen LogP contribution in [0.2, 0.25) is 0 Å². The van der Waals surface area contributed by atoms with Gasteiger partial charge < -0.3 is 4.74 Å². The SMILES string of the molecule is CC(C)O/C(C(C)C)=[N+](\C)O.